The zero-order chi connectivity index (χ0) is 21.5. The summed E-state index contributed by atoms with van der Waals surface area (Å²) in [5.74, 6) is 0.348. The number of benzene rings is 3. The molecule has 0 saturated carbocycles. The lowest BCUT2D eigenvalue weighted by Crippen LogP contribution is -2.34. The van der Waals surface area contributed by atoms with Crippen LogP contribution in [-0.4, -0.2) is 22.7 Å². The van der Waals surface area contributed by atoms with Gasteiger partial charge in [0.1, 0.15) is 11.5 Å². The predicted octanol–water partition coefficient (Wildman–Crippen LogP) is 5.21. The molecule has 0 radical (unpaired) electrons. The lowest BCUT2D eigenvalue weighted by molar-refractivity contribution is 0.0977. The lowest BCUT2D eigenvalue weighted by Gasteiger charge is -2.13. The van der Waals surface area contributed by atoms with Gasteiger partial charge in [0.05, 0.1) is 16.8 Å². The van der Waals surface area contributed by atoms with Crippen molar-refractivity contribution in [1.82, 2.24) is 5.32 Å². The Morgan fingerprint density at radius 2 is 1.87 bits per heavy atom. The normalized spacial score (nSPS) is 10.3. The van der Waals surface area contributed by atoms with E-state index in [1.54, 1.807) is 36.4 Å². The van der Waals surface area contributed by atoms with E-state index in [-0.39, 0.29) is 16.8 Å². The van der Waals surface area contributed by atoms with Gasteiger partial charge in [0, 0.05) is 12.0 Å². The Labute approximate surface area is 189 Å². The average molecular weight is 485 g/mol. The Balaban J connectivity index is 1.56. The summed E-state index contributed by atoms with van der Waals surface area (Å²) in [5.41, 5.74) is 3.01. The first-order chi connectivity index (χ1) is 14.4. The van der Waals surface area contributed by atoms with Crippen LogP contribution in [0.1, 0.15) is 21.5 Å². The summed E-state index contributed by atoms with van der Waals surface area (Å²) >= 11 is 8.64. The number of carbonyl (C=O) groups excluding carboxylic acids is 1. The molecule has 0 bridgehead atoms. The maximum Gasteiger partial charge on any atom is 0.257 e. The van der Waals surface area contributed by atoms with Crippen molar-refractivity contribution in [2.24, 2.45) is 0 Å². The van der Waals surface area contributed by atoms with Crippen LogP contribution in [0.25, 0.3) is 0 Å². The molecule has 5 nitrogen and oxygen atoms in total. The van der Waals surface area contributed by atoms with Crippen molar-refractivity contribution in [3.05, 3.63) is 87.9 Å². The van der Waals surface area contributed by atoms with Gasteiger partial charge in [-0.05, 0) is 76.5 Å². The van der Waals surface area contributed by atoms with Crippen LogP contribution in [-0.2, 0) is 6.42 Å². The number of carbonyl (C=O) groups is 1. The molecule has 0 aromatic heterocycles. The number of hydrogen-bond donors (Lipinski definition) is 3. The van der Waals surface area contributed by atoms with E-state index < -0.39 is 0 Å². The quantitative estimate of drug-likeness (QED) is 0.330. The predicted molar refractivity (Wildman–Crippen MR) is 126 cm³/mol. The van der Waals surface area contributed by atoms with Crippen LogP contribution in [0.3, 0.4) is 0 Å². The molecule has 0 saturated heterocycles. The van der Waals surface area contributed by atoms with Crippen LogP contribution in [0.5, 0.6) is 11.5 Å². The second-order valence-corrected chi connectivity index (χ2v) is 7.92. The zero-order valence-corrected chi connectivity index (χ0v) is 18.7. The highest BCUT2D eigenvalue weighted by molar-refractivity contribution is 9.10. The number of nitrogens with one attached hydrogen (secondary N) is 2. The van der Waals surface area contributed by atoms with Crippen molar-refractivity contribution in [3.8, 4) is 11.5 Å². The van der Waals surface area contributed by atoms with Gasteiger partial charge in [0.2, 0.25) is 0 Å². The van der Waals surface area contributed by atoms with Crippen molar-refractivity contribution in [2.75, 3.05) is 11.9 Å². The molecule has 1 amide bonds. The van der Waals surface area contributed by atoms with Gasteiger partial charge in [-0.15, -0.1) is 0 Å². The molecule has 154 valence electrons. The van der Waals surface area contributed by atoms with Crippen molar-refractivity contribution in [3.63, 3.8) is 0 Å². The van der Waals surface area contributed by atoms with E-state index in [1.807, 2.05) is 25.1 Å². The second kappa shape index (κ2) is 10.2. The number of amides is 1. The number of anilines is 1. The van der Waals surface area contributed by atoms with Crippen molar-refractivity contribution < 1.29 is 14.6 Å². The van der Waals surface area contributed by atoms with Crippen LogP contribution in [0, 0.1) is 6.92 Å². The van der Waals surface area contributed by atoms with Crippen LogP contribution in [0.4, 0.5) is 5.69 Å². The van der Waals surface area contributed by atoms with Gasteiger partial charge in [-0.2, -0.15) is 0 Å². The number of aryl methyl sites for hydroxylation is 1. The monoisotopic (exact) mass is 484 g/mol. The number of aromatic hydroxyl groups is 1. The maximum absolute atomic E-state index is 12.5. The first kappa shape index (κ1) is 21.8. The molecule has 0 unspecified atom stereocenters. The molecule has 7 heteroatoms. The number of phenols is 1. The number of phenolic OH excluding ortho intramolecular Hbond substituents is 1. The molecule has 0 aliphatic rings. The highest BCUT2D eigenvalue weighted by atomic mass is 79.9. The fourth-order valence-electron chi connectivity index (χ4n) is 2.76. The molecule has 3 aromatic rings. The molecule has 30 heavy (non-hydrogen) atoms. The summed E-state index contributed by atoms with van der Waals surface area (Å²) in [7, 11) is 0. The highest BCUT2D eigenvalue weighted by Gasteiger charge is 2.12. The Kier molecular flexibility index (Phi) is 7.43. The number of hydrogen-bond acceptors (Lipinski definition) is 4. The van der Waals surface area contributed by atoms with E-state index in [1.165, 1.54) is 5.56 Å². The van der Waals surface area contributed by atoms with Crippen LogP contribution >= 0.6 is 28.1 Å². The molecule has 0 heterocycles. The summed E-state index contributed by atoms with van der Waals surface area (Å²) in [6.07, 6.45) is 0.793. The molecule has 0 atom stereocenters. The van der Waals surface area contributed by atoms with Gasteiger partial charge in [0.15, 0.2) is 5.11 Å². The Morgan fingerprint density at radius 3 is 2.60 bits per heavy atom. The molecular formula is C23H21BrN2O3S. The summed E-state index contributed by atoms with van der Waals surface area (Å²) < 4.78 is 6.49. The third-order valence-electron chi connectivity index (χ3n) is 4.31. The third-order valence-corrected chi connectivity index (χ3v) is 5.14. The molecule has 0 fully saturated rings. The Hall–Kier alpha value is -2.90. The van der Waals surface area contributed by atoms with Gasteiger partial charge >= 0.3 is 0 Å². The average Bonchev–Trinajstić information content (AvgIpc) is 2.72. The van der Waals surface area contributed by atoms with Crippen LogP contribution in [0.15, 0.2) is 71.2 Å². The van der Waals surface area contributed by atoms with Crippen molar-refractivity contribution in [2.45, 2.75) is 13.3 Å². The standard InChI is InChI=1S/C23H21BrN2O3S/c1-15-7-9-20(27)19(13-15)25-23(30)26-22(28)17-8-10-21(18(24)14-17)29-12-11-16-5-3-2-4-6-16/h2-10,13-14,27H,11-12H2,1H3,(H2,25,26,28,30). The van der Waals surface area contributed by atoms with Crippen molar-refractivity contribution >= 4 is 44.9 Å². The van der Waals surface area contributed by atoms with E-state index in [4.69, 9.17) is 17.0 Å². The van der Waals surface area contributed by atoms with E-state index >= 15 is 0 Å². The van der Waals surface area contributed by atoms with Gasteiger partial charge in [-0.25, -0.2) is 0 Å². The van der Waals surface area contributed by atoms with Crippen LogP contribution < -0.4 is 15.4 Å². The fraction of sp³-hybridized carbons (Fsp3) is 0.130. The zero-order valence-electron chi connectivity index (χ0n) is 16.3. The number of ether oxygens (including phenoxy) is 1. The molecule has 0 spiro atoms. The molecular weight excluding hydrogens is 464 g/mol. The van der Waals surface area contributed by atoms with Gasteiger partial charge in [-0.1, -0.05) is 36.4 Å². The number of halogens is 1. The summed E-state index contributed by atoms with van der Waals surface area (Å²) in [6, 6.07) is 20.3. The van der Waals surface area contributed by atoms with Crippen molar-refractivity contribution in [1.29, 1.82) is 0 Å². The maximum atomic E-state index is 12.5. The largest absolute Gasteiger partial charge is 0.506 e. The smallest absolute Gasteiger partial charge is 0.257 e. The molecule has 3 aromatic carbocycles. The second-order valence-electron chi connectivity index (χ2n) is 6.66. The minimum Gasteiger partial charge on any atom is -0.506 e. The first-order valence-corrected chi connectivity index (χ1v) is 10.5. The minimum absolute atomic E-state index is 0.0527. The Morgan fingerprint density at radius 1 is 1.10 bits per heavy atom. The van der Waals surface area contributed by atoms with Gasteiger partial charge in [-0.3, -0.25) is 10.1 Å². The lowest BCUT2D eigenvalue weighted by atomic mass is 10.2. The Bertz CT molecular complexity index is 1060. The molecule has 3 rings (SSSR count). The highest BCUT2D eigenvalue weighted by Crippen LogP contribution is 2.27. The first-order valence-electron chi connectivity index (χ1n) is 9.30. The van der Waals surface area contributed by atoms with Gasteiger partial charge in [0.25, 0.3) is 5.91 Å². The third kappa shape index (κ3) is 6.05. The fourth-order valence-corrected chi connectivity index (χ4v) is 3.46. The summed E-state index contributed by atoms with van der Waals surface area (Å²) in [4.78, 5) is 12.5. The SMILES string of the molecule is Cc1ccc(O)c(NC(=S)NC(=O)c2ccc(OCCc3ccccc3)c(Br)c2)c1. The molecule has 3 N–H and O–H groups in total. The van der Waals surface area contributed by atoms with Gasteiger partial charge < -0.3 is 15.2 Å². The van der Waals surface area contributed by atoms with E-state index in [9.17, 15) is 9.90 Å². The summed E-state index contributed by atoms with van der Waals surface area (Å²) in [6.45, 7) is 2.43. The number of thiocarbonyl (C=S) groups is 1. The summed E-state index contributed by atoms with van der Waals surface area (Å²) in [5, 5.41) is 15.4. The topological polar surface area (TPSA) is 70.6 Å². The molecule has 0 aliphatic heterocycles. The van der Waals surface area contributed by atoms with Crippen LogP contribution in [0.2, 0.25) is 0 Å². The van der Waals surface area contributed by atoms with E-state index in [2.05, 4.69) is 38.7 Å². The van der Waals surface area contributed by atoms with E-state index in [0.29, 0.717) is 28.1 Å². The van der Waals surface area contributed by atoms with E-state index in [0.717, 1.165) is 12.0 Å². The molecule has 0 aliphatic carbocycles. The minimum atomic E-state index is -0.365. The number of rotatable bonds is 6.